The summed E-state index contributed by atoms with van der Waals surface area (Å²) in [5.41, 5.74) is 4.92. The predicted molar refractivity (Wildman–Crippen MR) is 145 cm³/mol. The summed E-state index contributed by atoms with van der Waals surface area (Å²) in [5, 5.41) is 0. The molecule has 0 bridgehead atoms. The lowest BCUT2D eigenvalue weighted by Crippen LogP contribution is -1.89. The smallest absolute Gasteiger partial charge is 0.238 e. The summed E-state index contributed by atoms with van der Waals surface area (Å²) in [6.07, 6.45) is 8.77. The Bertz CT molecular complexity index is 1250. The second-order valence-electron chi connectivity index (χ2n) is 7.68. The van der Waals surface area contributed by atoms with Crippen molar-refractivity contribution in [2.75, 3.05) is 14.2 Å². The molecule has 0 spiro atoms. The summed E-state index contributed by atoms with van der Waals surface area (Å²) in [6.45, 7) is 4.37. The summed E-state index contributed by atoms with van der Waals surface area (Å²) in [6, 6.07) is 22.9. The van der Waals surface area contributed by atoms with Crippen LogP contribution in [0.5, 0.6) is 11.5 Å². The zero-order chi connectivity index (χ0) is 23.2. The molecule has 166 valence electrons. The standard InChI is InChI=1S/C29H27O2S2/c1-20(26-7-5-9-28(32-26)22-11-15-24(30-3)16-12-22)19-21(2)27-8-6-10-29(33-27)23-13-17-25(31-4)18-14-23/h5-19H,1-4H3/q+1. The van der Waals surface area contributed by atoms with Crippen molar-refractivity contribution in [1.29, 1.82) is 0 Å². The second kappa shape index (κ2) is 10.7. The number of methoxy groups -OCH3 is 2. The Kier molecular flexibility index (Phi) is 7.48. The van der Waals surface area contributed by atoms with Crippen LogP contribution in [0.15, 0.2) is 102 Å². The van der Waals surface area contributed by atoms with Crippen molar-refractivity contribution in [2.24, 2.45) is 0 Å². The molecule has 4 rings (SSSR count). The Balaban J connectivity index is 1.55. The first-order valence-corrected chi connectivity index (χ1v) is 12.4. The van der Waals surface area contributed by atoms with Gasteiger partial charge >= 0.3 is 0 Å². The van der Waals surface area contributed by atoms with Crippen molar-refractivity contribution >= 4 is 33.6 Å². The van der Waals surface area contributed by atoms with Gasteiger partial charge in [0.15, 0.2) is 0 Å². The van der Waals surface area contributed by atoms with E-state index in [0.717, 1.165) is 11.5 Å². The number of rotatable bonds is 6. The van der Waals surface area contributed by atoms with Gasteiger partial charge in [-0.1, -0.05) is 36.0 Å². The average molecular weight is 472 g/mol. The third-order valence-corrected chi connectivity index (χ3v) is 7.93. The first kappa shape index (κ1) is 23.1. The fourth-order valence-corrected chi connectivity index (χ4v) is 5.54. The molecule has 33 heavy (non-hydrogen) atoms. The minimum absolute atomic E-state index is 0.874. The number of allylic oxidation sites excluding steroid dienone is 6. The lowest BCUT2D eigenvalue weighted by atomic mass is 10.1. The van der Waals surface area contributed by atoms with Crippen LogP contribution in [0.1, 0.15) is 24.3 Å². The Labute approximate surface area is 204 Å². The summed E-state index contributed by atoms with van der Waals surface area (Å²) in [7, 11) is 3.39. The van der Waals surface area contributed by atoms with Crippen molar-refractivity contribution in [3.63, 3.8) is 0 Å². The summed E-state index contributed by atoms with van der Waals surface area (Å²) in [5.74, 6) is 1.75. The van der Waals surface area contributed by atoms with Crippen LogP contribution in [0.3, 0.4) is 0 Å². The minimum Gasteiger partial charge on any atom is -0.497 e. The van der Waals surface area contributed by atoms with Gasteiger partial charge in [-0.2, -0.15) is 0 Å². The van der Waals surface area contributed by atoms with Crippen LogP contribution in [0.2, 0.25) is 0 Å². The van der Waals surface area contributed by atoms with Gasteiger partial charge in [0.1, 0.15) is 11.5 Å². The van der Waals surface area contributed by atoms with Gasteiger partial charge in [-0.15, -0.1) is 0 Å². The topological polar surface area (TPSA) is 18.5 Å². The van der Waals surface area contributed by atoms with E-state index in [9.17, 15) is 0 Å². The molecule has 1 aliphatic heterocycles. The molecule has 1 aliphatic rings. The summed E-state index contributed by atoms with van der Waals surface area (Å²) >= 11 is 3.61. The number of benzene rings is 2. The monoisotopic (exact) mass is 471 g/mol. The van der Waals surface area contributed by atoms with Crippen LogP contribution in [-0.4, -0.2) is 14.2 Å². The van der Waals surface area contributed by atoms with Gasteiger partial charge in [0.25, 0.3) is 0 Å². The Hall–Kier alpha value is -3.08. The molecular weight excluding hydrogens is 444 g/mol. The molecule has 0 amide bonds. The highest BCUT2D eigenvalue weighted by molar-refractivity contribution is 8.12. The molecule has 0 saturated heterocycles. The van der Waals surface area contributed by atoms with Crippen LogP contribution < -0.4 is 9.47 Å². The number of ether oxygens (including phenoxy) is 2. The van der Waals surface area contributed by atoms with E-state index in [2.05, 4.69) is 80.6 Å². The predicted octanol–water partition coefficient (Wildman–Crippen LogP) is 8.73. The van der Waals surface area contributed by atoms with Gasteiger partial charge in [0.2, 0.25) is 21.1 Å². The molecule has 0 unspecified atom stereocenters. The van der Waals surface area contributed by atoms with Crippen LogP contribution >= 0.6 is 23.1 Å². The average Bonchev–Trinajstić information content (AvgIpc) is 2.89. The SMILES string of the molecule is COc1ccc(C2=CC=C/C(=C(C)\C=C(/C)c3cccc(-c4ccc(OC)cc4)[s+]3)S2)cc1. The van der Waals surface area contributed by atoms with Crippen LogP contribution in [-0.2, 0) is 0 Å². The highest BCUT2D eigenvalue weighted by Crippen LogP contribution is 2.40. The third kappa shape index (κ3) is 5.65. The van der Waals surface area contributed by atoms with E-state index in [1.807, 2.05) is 24.3 Å². The van der Waals surface area contributed by atoms with Crippen molar-refractivity contribution in [2.45, 2.75) is 13.8 Å². The van der Waals surface area contributed by atoms with Gasteiger partial charge < -0.3 is 9.47 Å². The molecule has 3 aromatic rings. The van der Waals surface area contributed by atoms with E-state index in [0.29, 0.717) is 0 Å². The maximum Gasteiger partial charge on any atom is 0.238 e. The molecule has 0 atom stereocenters. The fourth-order valence-electron chi connectivity index (χ4n) is 3.53. The second-order valence-corrected chi connectivity index (χ2v) is 9.85. The fraction of sp³-hybridized carbons (Fsp3) is 0.138. The lowest BCUT2D eigenvalue weighted by molar-refractivity contribution is 0.414. The summed E-state index contributed by atoms with van der Waals surface area (Å²) in [4.78, 5) is 5.01. The molecule has 0 radical (unpaired) electrons. The Morgan fingerprint density at radius 3 is 2.09 bits per heavy atom. The van der Waals surface area contributed by atoms with Gasteiger partial charge in [0.05, 0.1) is 14.2 Å². The van der Waals surface area contributed by atoms with Crippen molar-refractivity contribution in [3.8, 4) is 21.9 Å². The quantitative estimate of drug-likeness (QED) is 0.335. The number of thioether (sulfide) groups is 1. The maximum atomic E-state index is 5.29. The zero-order valence-corrected chi connectivity index (χ0v) is 20.9. The molecule has 0 saturated carbocycles. The molecule has 0 N–H and O–H groups in total. The lowest BCUT2D eigenvalue weighted by Gasteiger charge is -2.14. The van der Waals surface area contributed by atoms with Crippen molar-refractivity contribution < 1.29 is 9.47 Å². The van der Waals surface area contributed by atoms with Gasteiger partial charge in [0, 0.05) is 33.1 Å². The Morgan fingerprint density at radius 1 is 0.818 bits per heavy atom. The molecule has 0 aliphatic carbocycles. The van der Waals surface area contributed by atoms with Gasteiger partial charge in [-0.05, 0) is 79.6 Å². The zero-order valence-electron chi connectivity index (χ0n) is 19.3. The molecule has 2 aromatic carbocycles. The molecule has 2 heterocycles. The first-order chi connectivity index (χ1) is 16.1. The highest BCUT2D eigenvalue weighted by atomic mass is 32.2. The number of hydrogen-bond acceptors (Lipinski definition) is 3. The van der Waals surface area contributed by atoms with Crippen molar-refractivity contribution in [1.82, 2.24) is 0 Å². The normalized spacial score (nSPS) is 15.2. The van der Waals surface area contributed by atoms with Crippen molar-refractivity contribution in [3.05, 3.63) is 112 Å². The highest BCUT2D eigenvalue weighted by Gasteiger charge is 2.16. The van der Waals surface area contributed by atoms with Gasteiger partial charge in [-0.25, -0.2) is 0 Å². The largest absolute Gasteiger partial charge is 0.497 e. The molecule has 1 aromatic heterocycles. The van der Waals surface area contributed by atoms with E-state index in [1.54, 1.807) is 37.3 Å². The molecule has 0 fully saturated rings. The van der Waals surface area contributed by atoms with Gasteiger partial charge in [-0.3, -0.25) is 0 Å². The van der Waals surface area contributed by atoms with E-state index in [-0.39, 0.29) is 0 Å². The van der Waals surface area contributed by atoms with Crippen LogP contribution in [0, 0.1) is 0 Å². The maximum absolute atomic E-state index is 5.29. The Morgan fingerprint density at radius 2 is 1.45 bits per heavy atom. The summed E-state index contributed by atoms with van der Waals surface area (Å²) < 4.78 is 10.6. The minimum atomic E-state index is 0.874. The van der Waals surface area contributed by atoms with Crippen LogP contribution in [0.4, 0.5) is 0 Å². The molecule has 2 nitrogen and oxygen atoms in total. The van der Waals surface area contributed by atoms with Crippen LogP contribution in [0.25, 0.3) is 20.9 Å². The van der Waals surface area contributed by atoms with E-state index >= 15 is 0 Å². The molecular formula is C29H27O2S2+. The van der Waals surface area contributed by atoms with E-state index < -0.39 is 0 Å². The first-order valence-electron chi connectivity index (χ1n) is 10.7. The molecule has 4 heteroatoms. The van der Waals surface area contributed by atoms with E-state index in [4.69, 9.17) is 9.47 Å². The third-order valence-electron chi connectivity index (χ3n) is 5.39. The number of hydrogen-bond donors (Lipinski definition) is 0. The van der Waals surface area contributed by atoms with E-state index in [1.165, 1.54) is 41.8 Å².